The smallest absolute Gasteiger partial charge is 0.124 e. The van der Waals surface area contributed by atoms with Gasteiger partial charge in [0.25, 0.3) is 0 Å². The Bertz CT molecular complexity index is 751. The number of hydrogen-bond acceptors (Lipinski definition) is 3. The Morgan fingerprint density at radius 3 is 2.36 bits per heavy atom. The van der Waals surface area contributed by atoms with Gasteiger partial charge in [-0.3, -0.25) is 0 Å². The molecule has 2 nitrogen and oxygen atoms in total. The van der Waals surface area contributed by atoms with Crippen LogP contribution in [0.4, 0.5) is 4.39 Å². The summed E-state index contributed by atoms with van der Waals surface area (Å²) in [4.78, 5) is 1.83. The van der Waals surface area contributed by atoms with Crippen LogP contribution >= 0.6 is 11.8 Å². The Kier molecular flexibility index (Phi) is 4.97. The second kappa shape index (κ2) is 6.75. The van der Waals surface area contributed by atoms with E-state index in [0.29, 0.717) is 18.6 Å². The lowest BCUT2D eigenvalue weighted by Crippen LogP contribution is -2.33. The second-order valence-electron chi connectivity index (χ2n) is 7.74. The van der Waals surface area contributed by atoms with Gasteiger partial charge in [0.15, 0.2) is 0 Å². The molecule has 0 spiro atoms. The molecule has 1 saturated heterocycles. The molecule has 3 rings (SSSR count). The van der Waals surface area contributed by atoms with Crippen LogP contribution in [0.5, 0.6) is 0 Å². The third-order valence-electron chi connectivity index (χ3n) is 4.85. The molecular weight excluding hydrogens is 335 g/mol. The monoisotopic (exact) mass is 360 g/mol. The minimum atomic E-state index is -1.12. The van der Waals surface area contributed by atoms with Gasteiger partial charge in [-0.15, -0.1) is 0 Å². The topological polar surface area (TPSA) is 29.5 Å². The third-order valence-corrected chi connectivity index (χ3v) is 5.83. The Morgan fingerprint density at radius 2 is 1.80 bits per heavy atom. The fourth-order valence-corrected chi connectivity index (χ4v) is 4.04. The molecule has 0 bridgehead atoms. The minimum absolute atomic E-state index is 0.108. The number of aliphatic hydroxyl groups is 1. The Hall–Kier alpha value is -1.36. The van der Waals surface area contributed by atoms with E-state index in [0.717, 1.165) is 9.79 Å². The lowest BCUT2D eigenvalue weighted by atomic mass is 9.87. The van der Waals surface area contributed by atoms with E-state index < -0.39 is 5.60 Å². The fourth-order valence-electron chi connectivity index (χ4n) is 3.14. The van der Waals surface area contributed by atoms with E-state index >= 15 is 0 Å². The highest BCUT2D eigenvalue weighted by molar-refractivity contribution is 7.99. The molecule has 4 heteroatoms. The first-order valence-electron chi connectivity index (χ1n) is 8.62. The number of benzene rings is 2. The zero-order chi connectivity index (χ0) is 18.2. The average Bonchev–Trinajstić information content (AvgIpc) is 2.87. The average molecular weight is 360 g/mol. The summed E-state index contributed by atoms with van der Waals surface area (Å²) in [6, 6.07) is 13.1. The van der Waals surface area contributed by atoms with Crippen LogP contribution in [0.15, 0.2) is 52.3 Å². The summed E-state index contributed by atoms with van der Waals surface area (Å²) in [5.74, 6) is -0.334. The van der Waals surface area contributed by atoms with Gasteiger partial charge in [0.05, 0.1) is 12.7 Å². The summed E-state index contributed by atoms with van der Waals surface area (Å²) < 4.78 is 19.6. The van der Waals surface area contributed by atoms with E-state index in [-0.39, 0.29) is 17.3 Å². The van der Waals surface area contributed by atoms with Gasteiger partial charge in [-0.05, 0) is 53.8 Å². The molecule has 1 aliphatic heterocycles. The Labute approximate surface area is 153 Å². The predicted molar refractivity (Wildman–Crippen MR) is 99.6 cm³/mol. The molecule has 0 saturated carbocycles. The molecule has 1 N–H and O–H groups in total. The quantitative estimate of drug-likeness (QED) is 0.808. The summed E-state index contributed by atoms with van der Waals surface area (Å²) in [7, 11) is 0. The zero-order valence-corrected chi connectivity index (χ0v) is 16.0. The number of ether oxygens (including phenoxy) is 1. The van der Waals surface area contributed by atoms with E-state index in [1.807, 2.05) is 13.0 Å². The maximum atomic E-state index is 14.1. The molecular formula is C21H25FO2S. The molecule has 2 aromatic rings. The molecule has 2 unspecified atom stereocenters. The highest BCUT2D eigenvalue weighted by atomic mass is 32.2. The lowest BCUT2D eigenvalue weighted by Gasteiger charge is -2.27. The molecule has 0 radical (unpaired) electrons. The molecule has 1 fully saturated rings. The van der Waals surface area contributed by atoms with Gasteiger partial charge in [-0.2, -0.15) is 0 Å². The van der Waals surface area contributed by atoms with Crippen LogP contribution in [-0.2, 0) is 15.8 Å². The predicted octanol–water partition coefficient (Wildman–Crippen LogP) is 5.27. The number of hydrogen-bond donors (Lipinski definition) is 1. The normalized spacial score (nSPS) is 23.8. The van der Waals surface area contributed by atoms with Crippen LogP contribution in [0, 0.1) is 5.82 Å². The Balaban J connectivity index is 1.86. The van der Waals surface area contributed by atoms with Gasteiger partial charge in [-0.25, -0.2) is 4.39 Å². The van der Waals surface area contributed by atoms with Crippen molar-refractivity contribution in [3.8, 4) is 0 Å². The van der Waals surface area contributed by atoms with Gasteiger partial charge in [-0.1, -0.05) is 44.7 Å². The molecule has 1 aliphatic rings. The van der Waals surface area contributed by atoms with Crippen molar-refractivity contribution >= 4 is 11.8 Å². The fraction of sp³-hybridized carbons (Fsp3) is 0.429. The standard InChI is InChI=1S/C21H25FO2S/c1-14-21(23,9-10-24-14)16-11-17(22)13-19(12-16)25-18-7-5-15(6-8-18)20(2,3)4/h5-8,11-14,23H,9-10H2,1-4H3. The minimum Gasteiger partial charge on any atom is -0.382 e. The van der Waals surface area contributed by atoms with Crippen molar-refractivity contribution in [3.05, 3.63) is 59.4 Å². The van der Waals surface area contributed by atoms with Crippen molar-refractivity contribution in [1.82, 2.24) is 0 Å². The lowest BCUT2D eigenvalue weighted by molar-refractivity contribution is -0.0320. The summed E-state index contributed by atoms with van der Waals surface area (Å²) in [5.41, 5.74) is 0.847. The molecule has 0 amide bonds. The van der Waals surface area contributed by atoms with Crippen molar-refractivity contribution in [3.63, 3.8) is 0 Å². The van der Waals surface area contributed by atoms with E-state index in [9.17, 15) is 9.50 Å². The summed E-state index contributed by atoms with van der Waals surface area (Å²) in [6.07, 6.45) is 0.153. The van der Waals surface area contributed by atoms with E-state index in [1.165, 1.54) is 29.5 Å². The maximum Gasteiger partial charge on any atom is 0.124 e. The van der Waals surface area contributed by atoms with Crippen LogP contribution in [0.1, 0.15) is 45.2 Å². The van der Waals surface area contributed by atoms with Crippen molar-refractivity contribution < 1.29 is 14.2 Å². The van der Waals surface area contributed by atoms with Crippen molar-refractivity contribution in [2.75, 3.05) is 6.61 Å². The summed E-state index contributed by atoms with van der Waals surface area (Å²) >= 11 is 1.50. The van der Waals surface area contributed by atoms with Crippen LogP contribution in [0.3, 0.4) is 0 Å². The Morgan fingerprint density at radius 1 is 1.12 bits per heavy atom. The van der Waals surface area contributed by atoms with Gasteiger partial charge in [0, 0.05) is 16.2 Å². The molecule has 0 aliphatic carbocycles. The number of halogens is 1. The highest BCUT2D eigenvalue weighted by Crippen LogP contribution is 2.39. The van der Waals surface area contributed by atoms with Crippen LogP contribution in [-0.4, -0.2) is 17.8 Å². The van der Waals surface area contributed by atoms with Crippen molar-refractivity contribution in [1.29, 1.82) is 0 Å². The molecule has 2 atom stereocenters. The summed E-state index contributed by atoms with van der Waals surface area (Å²) in [6.45, 7) is 8.86. The van der Waals surface area contributed by atoms with Crippen molar-refractivity contribution in [2.45, 2.75) is 61.0 Å². The highest BCUT2D eigenvalue weighted by Gasteiger charge is 2.41. The third kappa shape index (κ3) is 3.91. The van der Waals surface area contributed by atoms with Crippen LogP contribution in [0.2, 0.25) is 0 Å². The van der Waals surface area contributed by atoms with Crippen molar-refractivity contribution in [2.24, 2.45) is 0 Å². The van der Waals surface area contributed by atoms with E-state index in [4.69, 9.17) is 4.74 Å². The van der Waals surface area contributed by atoms with Gasteiger partial charge in [0.1, 0.15) is 11.4 Å². The van der Waals surface area contributed by atoms with Crippen LogP contribution < -0.4 is 0 Å². The molecule has 134 valence electrons. The molecule has 25 heavy (non-hydrogen) atoms. The maximum absolute atomic E-state index is 14.1. The SMILES string of the molecule is CC1OCCC1(O)c1cc(F)cc(Sc2ccc(C(C)(C)C)cc2)c1. The molecule has 2 aromatic carbocycles. The van der Waals surface area contributed by atoms with E-state index in [2.05, 4.69) is 45.0 Å². The number of rotatable bonds is 3. The first kappa shape index (κ1) is 18.4. The summed E-state index contributed by atoms with van der Waals surface area (Å²) in [5, 5.41) is 10.9. The zero-order valence-electron chi connectivity index (χ0n) is 15.2. The van der Waals surface area contributed by atoms with Gasteiger partial charge < -0.3 is 9.84 Å². The molecule has 1 heterocycles. The van der Waals surface area contributed by atoms with Gasteiger partial charge in [0.2, 0.25) is 0 Å². The second-order valence-corrected chi connectivity index (χ2v) is 8.89. The molecule has 0 aromatic heterocycles. The first-order valence-corrected chi connectivity index (χ1v) is 9.43. The largest absolute Gasteiger partial charge is 0.382 e. The van der Waals surface area contributed by atoms with Crippen LogP contribution in [0.25, 0.3) is 0 Å². The first-order chi connectivity index (χ1) is 11.7. The van der Waals surface area contributed by atoms with Gasteiger partial charge >= 0.3 is 0 Å². The van der Waals surface area contributed by atoms with E-state index in [1.54, 1.807) is 0 Å².